The van der Waals surface area contributed by atoms with Gasteiger partial charge in [-0.2, -0.15) is 5.10 Å². The van der Waals surface area contributed by atoms with Crippen LogP contribution in [0.5, 0.6) is 0 Å². The molecule has 1 N–H and O–H groups in total. The van der Waals surface area contributed by atoms with Crippen LogP contribution in [-0.2, 0) is 12.8 Å². The van der Waals surface area contributed by atoms with E-state index in [1.807, 2.05) is 16.9 Å². The average molecular weight is 292 g/mol. The van der Waals surface area contributed by atoms with Crippen LogP contribution in [0.25, 0.3) is 0 Å². The van der Waals surface area contributed by atoms with Crippen LogP contribution in [0.15, 0.2) is 29.8 Å². The SMILES string of the molecule is CCC(C)n1ccc(CC(O)CCCc2cccs2)n1. The van der Waals surface area contributed by atoms with Crippen molar-refractivity contribution in [3.63, 3.8) is 0 Å². The molecule has 0 amide bonds. The molecule has 0 aliphatic carbocycles. The topological polar surface area (TPSA) is 38.0 Å². The highest BCUT2D eigenvalue weighted by atomic mass is 32.1. The van der Waals surface area contributed by atoms with Crippen molar-refractivity contribution in [2.24, 2.45) is 0 Å². The van der Waals surface area contributed by atoms with Gasteiger partial charge in [-0.1, -0.05) is 13.0 Å². The smallest absolute Gasteiger partial charge is 0.0650 e. The first-order valence-corrected chi connectivity index (χ1v) is 8.31. The van der Waals surface area contributed by atoms with Gasteiger partial charge in [0, 0.05) is 23.5 Å². The Morgan fingerprint density at radius 3 is 2.95 bits per heavy atom. The van der Waals surface area contributed by atoms with E-state index in [-0.39, 0.29) is 6.10 Å². The van der Waals surface area contributed by atoms with E-state index >= 15 is 0 Å². The fourth-order valence-electron chi connectivity index (χ4n) is 2.23. The summed E-state index contributed by atoms with van der Waals surface area (Å²) >= 11 is 1.79. The second-order valence-electron chi connectivity index (χ2n) is 5.37. The number of thiophene rings is 1. The van der Waals surface area contributed by atoms with Crippen LogP contribution in [0.3, 0.4) is 0 Å². The minimum absolute atomic E-state index is 0.282. The third kappa shape index (κ3) is 4.46. The highest BCUT2D eigenvalue weighted by molar-refractivity contribution is 7.09. The summed E-state index contributed by atoms with van der Waals surface area (Å²) in [6.07, 6.45) is 6.41. The molecule has 0 saturated carbocycles. The second kappa shape index (κ2) is 7.60. The van der Waals surface area contributed by atoms with Crippen LogP contribution >= 0.6 is 11.3 Å². The van der Waals surface area contributed by atoms with Crippen LogP contribution in [0.1, 0.15) is 49.7 Å². The molecule has 0 saturated heterocycles. The largest absolute Gasteiger partial charge is 0.393 e. The maximum atomic E-state index is 10.1. The number of aromatic nitrogens is 2. The van der Waals surface area contributed by atoms with E-state index in [4.69, 9.17) is 0 Å². The monoisotopic (exact) mass is 292 g/mol. The molecule has 2 rings (SSSR count). The Morgan fingerprint density at radius 1 is 1.40 bits per heavy atom. The van der Waals surface area contributed by atoms with Crippen LogP contribution in [0.2, 0.25) is 0 Å². The predicted octanol–water partition coefficient (Wildman–Crippen LogP) is 3.84. The molecule has 0 aliphatic rings. The summed E-state index contributed by atoms with van der Waals surface area (Å²) in [6.45, 7) is 4.32. The summed E-state index contributed by atoms with van der Waals surface area (Å²) in [6, 6.07) is 6.69. The lowest BCUT2D eigenvalue weighted by molar-refractivity contribution is 0.161. The number of aliphatic hydroxyl groups excluding tert-OH is 1. The summed E-state index contributed by atoms with van der Waals surface area (Å²) in [4.78, 5) is 1.40. The normalized spacial score (nSPS) is 14.3. The number of aryl methyl sites for hydroxylation is 1. The lowest BCUT2D eigenvalue weighted by Gasteiger charge is -2.10. The van der Waals surface area contributed by atoms with Crippen molar-refractivity contribution in [1.82, 2.24) is 9.78 Å². The van der Waals surface area contributed by atoms with Gasteiger partial charge in [0.15, 0.2) is 0 Å². The maximum absolute atomic E-state index is 10.1. The Bertz CT molecular complexity index is 492. The predicted molar refractivity (Wildman–Crippen MR) is 84.2 cm³/mol. The van der Waals surface area contributed by atoms with Crippen LogP contribution in [-0.4, -0.2) is 21.0 Å². The Labute approximate surface area is 125 Å². The molecule has 0 fully saturated rings. The molecule has 2 heterocycles. The second-order valence-corrected chi connectivity index (χ2v) is 6.41. The lowest BCUT2D eigenvalue weighted by atomic mass is 10.1. The molecule has 0 spiro atoms. The minimum atomic E-state index is -0.282. The van der Waals surface area contributed by atoms with E-state index in [9.17, 15) is 5.11 Å². The first-order valence-electron chi connectivity index (χ1n) is 7.43. The number of rotatable bonds is 8. The molecular formula is C16H24N2OS. The average Bonchev–Trinajstić information content (AvgIpc) is 3.09. The summed E-state index contributed by atoms with van der Waals surface area (Å²) in [5, 5.41) is 16.7. The summed E-state index contributed by atoms with van der Waals surface area (Å²) < 4.78 is 1.99. The van der Waals surface area contributed by atoms with Crippen LogP contribution in [0, 0.1) is 0 Å². The van der Waals surface area contributed by atoms with Gasteiger partial charge < -0.3 is 5.11 Å². The van der Waals surface area contributed by atoms with E-state index in [2.05, 4.69) is 36.5 Å². The van der Waals surface area contributed by atoms with E-state index < -0.39 is 0 Å². The van der Waals surface area contributed by atoms with E-state index in [1.54, 1.807) is 11.3 Å². The zero-order valence-electron chi connectivity index (χ0n) is 12.3. The Kier molecular flexibility index (Phi) is 5.80. The van der Waals surface area contributed by atoms with Gasteiger partial charge in [0.1, 0.15) is 0 Å². The number of nitrogens with zero attached hydrogens (tertiary/aromatic N) is 2. The molecule has 0 radical (unpaired) electrons. The van der Waals surface area contributed by atoms with Gasteiger partial charge >= 0.3 is 0 Å². The molecule has 2 aromatic rings. The summed E-state index contributed by atoms with van der Waals surface area (Å²) in [7, 11) is 0. The van der Waals surface area contributed by atoms with Crippen molar-refractivity contribution in [2.75, 3.05) is 0 Å². The highest BCUT2D eigenvalue weighted by Gasteiger charge is 2.10. The molecule has 2 atom stereocenters. The molecule has 110 valence electrons. The molecule has 0 aromatic carbocycles. The van der Waals surface area contributed by atoms with E-state index in [1.165, 1.54) is 4.88 Å². The van der Waals surface area contributed by atoms with Crippen molar-refractivity contribution in [3.8, 4) is 0 Å². The van der Waals surface area contributed by atoms with Gasteiger partial charge in [-0.25, -0.2) is 0 Å². The fraction of sp³-hybridized carbons (Fsp3) is 0.562. The number of aliphatic hydroxyl groups is 1. The molecule has 0 bridgehead atoms. The van der Waals surface area contributed by atoms with Crippen molar-refractivity contribution in [1.29, 1.82) is 0 Å². The Morgan fingerprint density at radius 2 is 2.25 bits per heavy atom. The lowest BCUT2D eigenvalue weighted by Crippen LogP contribution is -2.12. The quantitative estimate of drug-likeness (QED) is 0.802. The van der Waals surface area contributed by atoms with Crippen LogP contribution < -0.4 is 0 Å². The maximum Gasteiger partial charge on any atom is 0.0650 e. The van der Waals surface area contributed by atoms with Gasteiger partial charge in [0.2, 0.25) is 0 Å². The highest BCUT2D eigenvalue weighted by Crippen LogP contribution is 2.15. The molecule has 3 nitrogen and oxygen atoms in total. The minimum Gasteiger partial charge on any atom is -0.393 e. The molecule has 20 heavy (non-hydrogen) atoms. The first kappa shape index (κ1) is 15.3. The molecule has 2 aromatic heterocycles. The molecule has 2 unspecified atom stereocenters. The van der Waals surface area contributed by atoms with Crippen molar-refractivity contribution in [3.05, 3.63) is 40.3 Å². The third-order valence-corrected chi connectivity index (χ3v) is 4.63. The van der Waals surface area contributed by atoms with Crippen molar-refractivity contribution < 1.29 is 5.11 Å². The fourth-order valence-corrected chi connectivity index (χ4v) is 2.98. The zero-order valence-corrected chi connectivity index (χ0v) is 13.1. The van der Waals surface area contributed by atoms with Gasteiger partial charge in [0.25, 0.3) is 0 Å². The number of hydrogen-bond acceptors (Lipinski definition) is 3. The molecular weight excluding hydrogens is 268 g/mol. The van der Waals surface area contributed by atoms with Crippen LogP contribution in [0.4, 0.5) is 0 Å². The summed E-state index contributed by atoms with van der Waals surface area (Å²) in [5.41, 5.74) is 0.994. The number of hydrogen-bond donors (Lipinski definition) is 1. The first-order chi connectivity index (χ1) is 9.69. The van der Waals surface area contributed by atoms with Gasteiger partial charge in [-0.15, -0.1) is 11.3 Å². The van der Waals surface area contributed by atoms with Gasteiger partial charge in [-0.05, 0) is 50.1 Å². The zero-order chi connectivity index (χ0) is 14.4. The van der Waals surface area contributed by atoms with Gasteiger partial charge in [-0.3, -0.25) is 4.68 Å². The molecule has 0 aliphatic heterocycles. The van der Waals surface area contributed by atoms with E-state index in [0.29, 0.717) is 12.5 Å². The molecule has 4 heteroatoms. The Balaban J connectivity index is 1.73. The Hall–Kier alpha value is -1.13. The standard InChI is InChI=1S/C16H24N2OS/c1-3-13(2)18-10-9-14(17-18)12-15(19)6-4-7-16-8-5-11-20-16/h5,8-11,13,15,19H,3-4,6-7,12H2,1-2H3. The van der Waals surface area contributed by atoms with Gasteiger partial charge in [0.05, 0.1) is 11.8 Å². The van der Waals surface area contributed by atoms with E-state index in [0.717, 1.165) is 31.4 Å². The van der Waals surface area contributed by atoms with Crippen molar-refractivity contribution >= 4 is 11.3 Å². The summed E-state index contributed by atoms with van der Waals surface area (Å²) in [5.74, 6) is 0. The third-order valence-electron chi connectivity index (χ3n) is 3.69. The van der Waals surface area contributed by atoms with Crippen molar-refractivity contribution in [2.45, 2.75) is 58.1 Å².